The van der Waals surface area contributed by atoms with Crippen molar-refractivity contribution in [2.24, 2.45) is 0 Å². The highest BCUT2D eigenvalue weighted by Gasteiger charge is 2.12. The van der Waals surface area contributed by atoms with E-state index in [1.165, 1.54) is 30.3 Å². The lowest BCUT2D eigenvalue weighted by Gasteiger charge is -2.08. The zero-order valence-electron chi connectivity index (χ0n) is 12.7. The summed E-state index contributed by atoms with van der Waals surface area (Å²) < 4.78 is 31.2. The van der Waals surface area contributed by atoms with Crippen LogP contribution in [0.5, 0.6) is 0 Å². The van der Waals surface area contributed by atoms with Crippen molar-refractivity contribution in [3.05, 3.63) is 69.7 Å². The Hall–Kier alpha value is -2.47. The first-order valence-corrected chi connectivity index (χ1v) is 7.38. The number of aryl methyl sites for hydroxylation is 1. The van der Waals surface area contributed by atoms with Crippen molar-refractivity contribution in [3.8, 4) is 0 Å². The fourth-order valence-corrected chi connectivity index (χ4v) is 2.04. The maximum Gasteiger partial charge on any atom is 0.338 e. The Morgan fingerprint density at radius 3 is 2.54 bits per heavy atom. The largest absolute Gasteiger partial charge is 0.452 e. The van der Waals surface area contributed by atoms with Gasteiger partial charge in [0.15, 0.2) is 6.61 Å². The van der Waals surface area contributed by atoms with Crippen LogP contribution >= 0.6 is 11.6 Å². The number of amides is 1. The van der Waals surface area contributed by atoms with E-state index in [0.29, 0.717) is 11.1 Å². The molecule has 0 aromatic heterocycles. The summed E-state index contributed by atoms with van der Waals surface area (Å²) in [6.07, 6.45) is 0. The predicted molar refractivity (Wildman–Crippen MR) is 84.7 cm³/mol. The summed E-state index contributed by atoms with van der Waals surface area (Å²) in [5.41, 5.74) is 1.03. The Morgan fingerprint density at radius 2 is 1.88 bits per heavy atom. The van der Waals surface area contributed by atoms with E-state index in [4.69, 9.17) is 16.3 Å². The minimum absolute atomic E-state index is 0.0243. The number of hydrogen-bond donors (Lipinski definition) is 1. The summed E-state index contributed by atoms with van der Waals surface area (Å²) in [6, 6.07) is 7.97. The van der Waals surface area contributed by atoms with Crippen molar-refractivity contribution in [3.63, 3.8) is 0 Å². The molecule has 4 nitrogen and oxygen atoms in total. The molecule has 126 valence electrons. The molecule has 0 spiro atoms. The summed E-state index contributed by atoms with van der Waals surface area (Å²) >= 11 is 5.64. The van der Waals surface area contributed by atoms with Gasteiger partial charge in [-0.2, -0.15) is 0 Å². The average molecular weight is 354 g/mol. The van der Waals surface area contributed by atoms with Crippen LogP contribution in [0.25, 0.3) is 0 Å². The molecule has 24 heavy (non-hydrogen) atoms. The van der Waals surface area contributed by atoms with Crippen LogP contribution in [0.4, 0.5) is 8.78 Å². The van der Waals surface area contributed by atoms with Gasteiger partial charge in [0.2, 0.25) is 0 Å². The minimum Gasteiger partial charge on any atom is -0.452 e. The Bertz CT molecular complexity index is 780. The summed E-state index contributed by atoms with van der Waals surface area (Å²) in [5.74, 6) is -2.42. The average Bonchev–Trinajstić information content (AvgIpc) is 2.56. The summed E-state index contributed by atoms with van der Waals surface area (Å²) in [4.78, 5) is 23.4. The van der Waals surface area contributed by atoms with Crippen molar-refractivity contribution >= 4 is 23.5 Å². The normalized spacial score (nSPS) is 10.3. The molecule has 2 rings (SSSR count). The SMILES string of the molecule is Cc1ccc(C(=O)OCC(=O)NCc2ccc(F)c(Cl)c2)cc1F. The number of carbonyl (C=O) groups excluding carboxylic acids is 2. The standard InChI is InChI=1S/C17H14ClF2NO3/c1-10-2-4-12(7-15(10)20)17(23)24-9-16(22)21-8-11-3-5-14(19)13(18)6-11/h2-7H,8-9H2,1H3,(H,21,22). The van der Waals surface area contributed by atoms with Crippen LogP contribution in [0, 0.1) is 18.6 Å². The quantitative estimate of drug-likeness (QED) is 0.838. The monoisotopic (exact) mass is 353 g/mol. The number of nitrogens with one attached hydrogen (secondary N) is 1. The van der Waals surface area contributed by atoms with Gasteiger partial charge in [0, 0.05) is 6.54 Å². The molecule has 0 saturated heterocycles. The number of carbonyl (C=O) groups is 2. The van der Waals surface area contributed by atoms with Gasteiger partial charge in [0.25, 0.3) is 5.91 Å². The molecule has 0 fully saturated rings. The molecule has 0 saturated carbocycles. The molecule has 0 radical (unpaired) electrons. The van der Waals surface area contributed by atoms with Gasteiger partial charge in [-0.05, 0) is 42.3 Å². The molecule has 1 N–H and O–H groups in total. The van der Waals surface area contributed by atoms with Gasteiger partial charge in [-0.15, -0.1) is 0 Å². The molecule has 1 amide bonds. The molecule has 0 unspecified atom stereocenters. The molecule has 2 aromatic rings. The van der Waals surface area contributed by atoms with Gasteiger partial charge in [0.1, 0.15) is 11.6 Å². The van der Waals surface area contributed by atoms with E-state index < -0.39 is 30.1 Å². The third-order valence-corrected chi connectivity index (χ3v) is 3.51. The Labute approximate surface area is 142 Å². The number of benzene rings is 2. The zero-order chi connectivity index (χ0) is 17.7. The molecule has 0 heterocycles. The smallest absolute Gasteiger partial charge is 0.338 e. The van der Waals surface area contributed by atoms with E-state index in [0.717, 1.165) is 6.07 Å². The fourth-order valence-electron chi connectivity index (χ4n) is 1.84. The Balaban J connectivity index is 1.83. The van der Waals surface area contributed by atoms with Crippen LogP contribution in [0.3, 0.4) is 0 Å². The van der Waals surface area contributed by atoms with E-state index in [1.807, 2.05) is 0 Å². The highest BCUT2D eigenvalue weighted by atomic mass is 35.5. The molecule has 7 heteroatoms. The van der Waals surface area contributed by atoms with Crippen molar-refractivity contribution in [2.45, 2.75) is 13.5 Å². The first-order chi connectivity index (χ1) is 11.4. The van der Waals surface area contributed by atoms with Gasteiger partial charge in [-0.1, -0.05) is 23.7 Å². The molecular weight excluding hydrogens is 340 g/mol. The summed E-state index contributed by atoms with van der Waals surface area (Å²) in [6.45, 7) is 1.17. The van der Waals surface area contributed by atoms with E-state index in [-0.39, 0.29) is 17.1 Å². The Morgan fingerprint density at radius 1 is 1.12 bits per heavy atom. The van der Waals surface area contributed by atoms with E-state index in [1.54, 1.807) is 6.92 Å². The maximum atomic E-state index is 13.4. The first kappa shape index (κ1) is 17.9. The predicted octanol–water partition coefficient (Wildman–Crippen LogP) is 3.40. The summed E-state index contributed by atoms with van der Waals surface area (Å²) in [5, 5.41) is 2.45. The summed E-state index contributed by atoms with van der Waals surface area (Å²) in [7, 11) is 0. The van der Waals surface area contributed by atoms with Crippen LogP contribution in [0.2, 0.25) is 5.02 Å². The van der Waals surface area contributed by atoms with Crippen molar-refractivity contribution in [1.29, 1.82) is 0 Å². The highest BCUT2D eigenvalue weighted by Crippen LogP contribution is 2.15. The van der Waals surface area contributed by atoms with Crippen molar-refractivity contribution < 1.29 is 23.1 Å². The minimum atomic E-state index is -0.797. The van der Waals surface area contributed by atoms with Gasteiger partial charge < -0.3 is 10.1 Å². The van der Waals surface area contributed by atoms with Crippen LogP contribution in [0.1, 0.15) is 21.5 Å². The number of ether oxygens (including phenoxy) is 1. The molecular formula is C17H14ClF2NO3. The molecule has 0 bridgehead atoms. The van der Waals surface area contributed by atoms with Crippen molar-refractivity contribution in [2.75, 3.05) is 6.61 Å². The van der Waals surface area contributed by atoms with Gasteiger partial charge in [0.05, 0.1) is 10.6 Å². The fraction of sp³-hybridized carbons (Fsp3) is 0.176. The molecule has 0 aliphatic heterocycles. The van der Waals surface area contributed by atoms with E-state index in [2.05, 4.69) is 5.32 Å². The lowest BCUT2D eigenvalue weighted by atomic mass is 10.1. The second kappa shape index (κ2) is 7.88. The molecule has 0 atom stereocenters. The molecule has 0 aliphatic carbocycles. The highest BCUT2D eigenvalue weighted by molar-refractivity contribution is 6.30. The third-order valence-electron chi connectivity index (χ3n) is 3.22. The number of esters is 1. The van der Waals surface area contributed by atoms with E-state index in [9.17, 15) is 18.4 Å². The van der Waals surface area contributed by atoms with Crippen LogP contribution in [-0.2, 0) is 16.1 Å². The van der Waals surface area contributed by atoms with Gasteiger partial charge >= 0.3 is 5.97 Å². The number of halogens is 3. The third kappa shape index (κ3) is 4.76. The van der Waals surface area contributed by atoms with Gasteiger partial charge in [-0.25, -0.2) is 13.6 Å². The van der Waals surface area contributed by atoms with Gasteiger partial charge in [-0.3, -0.25) is 4.79 Å². The topological polar surface area (TPSA) is 55.4 Å². The van der Waals surface area contributed by atoms with Crippen LogP contribution in [0.15, 0.2) is 36.4 Å². The molecule has 0 aliphatic rings. The second-order valence-electron chi connectivity index (χ2n) is 5.07. The number of hydrogen-bond acceptors (Lipinski definition) is 3. The maximum absolute atomic E-state index is 13.4. The zero-order valence-corrected chi connectivity index (χ0v) is 13.5. The second-order valence-corrected chi connectivity index (χ2v) is 5.47. The molecule has 2 aromatic carbocycles. The first-order valence-electron chi connectivity index (χ1n) is 7.00. The van der Waals surface area contributed by atoms with Crippen LogP contribution in [-0.4, -0.2) is 18.5 Å². The van der Waals surface area contributed by atoms with E-state index >= 15 is 0 Å². The number of rotatable bonds is 5. The lowest BCUT2D eigenvalue weighted by molar-refractivity contribution is -0.124. The van der Waals surface area contributed by atoms with Crippen LogP contribution < -0.4 is 5.32 Å². The van der Waals surface area contributed by atoms with Crippen molar-refractivity contribution in [1.82, 2.24) is 5.32 Å². The Kier molecular flexibility index (Phi) is 5.87. The lowest BCUT2D eigenvalue weighted by Crippen LogP contribution is -2.28.